The van der Waals surface area contributed by atoms with Crippen LogP contribution in [0.15, 0.2) is 29.4 Å². The highest BCUT2D eigenvalue weighted by Gasteiger charge is 2.22. The fraction of sp³-hybridized carbons (Fsp3) is 0.519. The number of carbonyl (C=O) groups excluding carboxylic acids is 2. The maximum Gasteiger partial charge on any atom is 0.253 e. The predicted octanol–water partition coefficient (Wildman–Crippen LogP) is 2.65. The quantitative estimate of drug-likeness (QED) is 0.431. The molecule has 0 bridgehead atoms. The summed E-state index contributed by atoms with van der Waals surface area (Å²) < 4.78 is 1.78. The summed E-state index contributed by atoms with van der Waals surface area (Å²) in [5.74, 6) is 1.02. The molecule has 1 saturated heterocycles. The van der Waals surface area contributed by atoms with Crippen LogP contribution in [-0.2, 0) is 16.0 Å². The molecule has 0 spiro atoms. The van der Waals surface area contributed by atoms with E-state index >= 15 is 0 Å². The highest BCUT2D eigenvalue weighted by molar-refractivity contribution is 7.99. The van der Waals surface area contributed by atoms with Crippen molar-refractivity contribution >= 4 is 29.4 Å². The molecule has 0 saturated carbocycles. The SMILES string of the molecule is Cc1ccc(Cc2c(C)nc3nc(SCC(=O)NCCN4CCN(C(=O)C(C)C)CC4)nn3c2C)cc1. The molecule has 3 heterocycles. The largest absolute Gasteiger partial charge is 0.354 e. The lowest BCUT2D eigenvalue weighted by Crippen LogP contribution is -2.51. The summed E-state index contributed by atoms with van der Waals surface area (Å²) in [5, 5.41) is 8.15. The van der Waals surface area contributed by atoms with Crippen molar-refractivity contribution in [2.24, 2.45) is 5.92 Å². The Kier molecular flexibility index (Phi) is 8.81. The summed E-state index contributed by atoms with van der Waals surface area (Å²) in [6.07, 6.45) is 0.786. The highest BCUT2D eigenvalue weighted by Crippen LogP contribution is 2.21. The van der Waals surface area contributed by atoms with E-state index in [1.54, 1.807) is 4.52 Å². The minimum atomic E-state index is -0.0431. The van der Waals surface area contributed by atoms with Gasteiger partial charge in [0.2, 0.25) is 17.0 Å². The van der Waals surface area contributed by atoms with Crippen LogP contribution in [-0.4, -0.2) is 86.2 Å². The van der Waals surface area contributed by atoms with E-state index in [0.29, 0.717) is 17.5 Å². The van der Waals surface area contributed by atoms with Gasteiger partial charge in [0.05, 0.1) is 5.75 Å². The zero-order chi connectivity index (χ0) is 26.5. The molecule has 3 aromatic rings. The molecule has 1 aliphatic heterocycles. The number of piperazine rings is 1. The van der Waals surface area contributed by atoms with E-state index in [-0.39, 0.29) is 23.5 Å². The molecule has 1 fully saturated rings. The number of benzene rings is 1. The Hall–Kier alpha value is -2.98. The van der Waals surface area contributed by atoms with Gasteiger partial charge in [-0.2, -0.15) is 4.98 Å². The van der Waals surface area contributed by atoms with E-state index in [9.17, 15) is 9.59 Å². The van der Waals surface area contributed by atoms with Gasteiger partial charge in [0.25, 0.3) is 5.78 Å². The minimum Gasteiger partial charge on any atom is -0.354 e. The molecule has 0 aliphatic carbocycles. The van der Waals surface area contributed by atoms with Crippen molar-refractivity contribution < 1.29 is 9.59 Å². The van der Waals surface area contributed by atoms with Crippen molar-refractivity contribution in [3.63, 3.8) is 0 Å². The zero-order valence-corrected chi connectivity index (χ0v) is 23.3. The molecule has 9 nitrogen and oxygen atoms in total. The van der Waals surface area contributed by atoms with Crippen molar-refractivity contribution in [1.82, 2.24) is 34.7 Å². The first-order chi connectivity index (χ1) is 17.7. The second-order valence-corrected chi connectivity index (χ2v) is 10.9. The van der Waals surface area contributed by atoms with Crippen LogP contribution in [0.4, 0.5) is 0 Å². The predicted molar refractivity (Wildman–Crippen MR) is 146 cm³/mol. The van der Waals surface area contributed by atoms with Crippen molar-refractivity contribution in [3.8, 4) is 0 Å². The molecule has 0 unspecified atom stereocenters. The number of nitrogens with zero attached hydrogens (tertiary/aromatic N) is 6. The fourth-order valence-corrected chi connectivity index (χ4v) is 5.16. The van der Waals surface area contributed by atoms with Crippen molar-refractivity contribution in [1.29, 1.82) is 0 Å². The third-order valence-corrected chi connectivity index (χ3v) is 7.63. The zero-order valence-electron chi connectivity index (χ0n) is 22.5. The molecular formula is C27H37N7O2S. The standard InChI is InChI=1S/C27H37N7O2S/c1-18(2)25(36)33-14-12-32(13-15-33)11-10-28-24(35)17-37-27-30-26-29-20(4)23(21(5)34(26)31-27)16-22-8-6-19(3)7-9-22/h6-9,18H,10-17H2,1-5H3,(H,28,35). The summed E-state index contributed by atoms with van der Waals surface area (Å²) in [7, 11) is 0. The van der Waals surface area contributed by atoms with Gasteiger partial charge in [0.15, 0.2) is 0 Å². The van der Waals surface area contributed by atoms with Gasteiger partial charge in [-0.15, -0.1) is 5.10 Å². The second kappa shape index (κ2) is 12.0. The molecule has 1 aliphatic rings. The van der Waals surface area contributed by atoms with Crippen LogP contribution in [0, 0.1) is 26.7 Å². The number of fused-ring (bicyclic) bond motifs is 1. The minimum absolute atomic E-state index is 0.0372. The highest BCUT2D eigenvalue weighted by atomic mass is 32.2. The number of rotatable bonds is 9. The Bertz CT molecular complexity index is 1250. The Balaban J connectivity index is 1.26. The van der Waals surface area contributed by atoms with E-state index < -0.39 is 0 Å². The molecule has 2 aromatic heterocycles. The lowest BCUT2D eigenvalue weighted by Gasteiger charge is -2.35. The second-order valence-electron chi connectivity index (χ2n) is 9.99. The lowest BCUT2D eigenvalue weighted by atomic mass is 10.0. The Morgan fingerprint density at radius 2 is 1.73 bits per heavy atom. The van der Waals surface area contributed by atoms with Crippen LogP contribution in [0.3, 0.4) is 0 Å². The summed E-state index contributed by atoms with van der Waals surface area (Å²) in [6.45, 7) is 14.5. The van der Waals surface area contributed by atoms with Gasteiger partial charge in [-0.25, -0.2) is 9.50 Å². The Labute approximate surface area is 223 Å². The summed E-state index contributed by atoms with van der Waals surface area (Å²) >= 11 is 1.32. The molecular weight excluding hydrogens is 486 g/mol. The van der Waals surface area contributed by atoms with Crippen LogP contribution in [0.1, 0.15) is 41.9 Å². The molecule has 1 N–H and O–H groups in total. The van der Waals surface area contributed by atoms with Crippen molar-refractivity contribution in [2.75, 3.05) is 45.0 Å². The van der Waals surface area contributed by atoms with Gasteiger partial charge < -0.3 is 10.2 Å². The third kappa shape index (κ3) is 6.87. The van der Waals surface area contributed by atoms with E-state index in [2.05, 4.69) is 56.5 Å². The molecule has 37 heavy (non-hydrogen) atoms. The number of hydrogen-bond acceptors (Lipinski definition) is 7. The van der Waals surface area contributed by atoms with E-state index in [0.717, 1.165) is 56.1 Å². The third-order valence-electron chi connectivity index (χ3n) is 6.79. The summed E-state index contributed by atoms with van der Waals surface area (Å²) in [4.78, 5) is 38.0. The molecule has 2 amide bonds. The van der Waals surface area contributed by atoms with Crippen molar-refractivity contribution in [3.05, 3.63) is 52.3 Å². The first-order valence-electron chi connectivity index (χ1n) is 12.9. The number of hydrogen-bond donors (Lipinski definition) is 1. The monoisotopic (exact) mass is 523 g/mol. The maximum atomic E-state index is 12.4. The van der Waals surface area contributed by atoms with Gasteiger partial charge >= 0.3 is 0 Å². The molecule has 0 atom stereocenters. The van der Waals surface area contributed by atoms with Crippen LogP contribution in [0.5, 0.6) is 0 Å². The molecule has 198 valence electrons. The van der Waals surface area contributed by atoms with Gasteiger partial charge in [0.1, 0.15) is 0 Å². The van der Waals surface area contributed by atoms with Crippen LogP contribution in [0.25, 0.3) is 5.78 Å². The average Bonchev–Trinajstić information content (AvgIpc) is 3.29. The first kappa shape index (κ1) is 27.1. The lowest BCUT2D eigenvalue weighted by molar-refractivity contribution is -0.136. The van der Waals surface area contributed by atoms with Crippen LogP contribution >= 0.6 is 11.8 Å². The number of aromatic nitrogens is 4. The van der Waals surface area contributed by atoms with Crippen LogP contribution < -0.4 is 5.32 Å². The van der Waals surface area contributed by atoms with Gasteiger partial charge in [0, 0.05) is 63.0 Å². The number of carbonyl (C=O) groups is 2. The topological polar surface area (TPSA) is 95.7 Å². The summed E-state index contributed by atoms with van der Waals surface area (Å²) in [6, 6.07) is 8.54. The van der Waals surface area contributed by atoms with E-state index in [1.807, 2.05) is 32.6 Å². The average molecular weight is 524 g/mol. The fourth-order valence-electron chi connectivity index (χ4n) is 4.51. The van der Waals surface area contributed by atoms with E-state index in [1.165, 1.54) is 22.9 Å². The number of thioether (sulfide) groups is 1. The number of nitrogens with one attached hydrogen (secondary N) is 1. The number of aryl methyl sites for hydroxylation is 3. The molecule has 1 aromatic carbocycles. The Morgan fingerprint density at radius 1 is 1.03 bits per heavy atom. The maximum absolute atomic E-state index is 12.4. The first-order valence-corrected chi connectivity index (χ1v) is 13.9. The summed E-state index contributed by atoms with van der Waals surface area (Å²) in [5.41, 5.74) is 5.58. The number of amides is 2. The van der Waals surface area contributed by atoms with Crippen LogP contribution in [0.2, 0.25) is 0 Å². The van der Waals surface area contributed by atoms with Gasteiger partial charge in [-0.05, 0) is 31.9 Å². The normalized spacial score (nSPS) is 14.5. The van der Waals surface area contributed by atoms with Crippen molar-refractivity contribution in [2.45, 2.75) is 46.2 Å². The molecule has 4 rings (SSSR count). The Morgan fingerprint density at radius 3 is 2.41 bits per heavy atom. The van der Waals surface area contributed by atoms with Gasteiger partial charge in [-0.3, -0.25) is 14.5 Å². The smallest absolute Gasteiger partial charge is 0.253 e. The van der Waals surface area contributed by atoms with E-state index in [4.69, 9.17) is 0 Å². The molecule has 10 heteroatoms. The van der Waals surface area contributed by atoms with Gasteiger partial charge in [-0.1, -0.05) is 55.4 Å². The molecule has 0 radical (unpaired) electrons.